The number of imidazole rings is 1. The summed E-state index contributed by atoms with van der Waals surface area (Å²) in [4.78, 5) is 9.01. The largest absolute Gasteiger partial charge is 0.380 e. The third kappa shape index (κ3) is 2.65. The average molecular weight is 268 g/mol. The molecule has 98 valence electrons. The molecule has 4 nitrogen and oxygen atoms in total. The summed E-state index contributed by atoms with van der Waals surface area (Å²) in [5.74, 6) is 0.851. The predicted molar refractivity (Wildman–Crippen MR) is 73.0 cm³/mol. The zero-order chi connectivity index (χ0) is 13.1. The van der Waals surface area contributed by atoms with E-state index in [2.05, 4.69) is 9.97 Å². The van der Waals surface area contributed by atoms with Gasteiger partial charge < -0.3 is 9.30 Å². The van der Waals surface area contributed by atoms with E-state index in [-0.39, 0.29) is 5.38 Å². The van der Waals surface area contributed by atoms with E-state index in [0.717, 1.165) is 29.1 Å². The van der Waals surface area contributed by atoms with E-state index in [9.17, 15) is 0 Å². The molecule has 0 saturated carbocycles. The van der Waals surface area contributed by atoms with Crippen LogP contribution in [0.5, 0.6) is 0 Å². The lowest BCUT2D eigenvalue weighted by molar-refractivity contribution is 0.139. The van der Waals surface area contributed by atoms with Crippen molar-refractivity contribution in [3.8, 4) is 0 Å². The molecule has 2 heterocycles. The summed E-state index contributed by atoms with van der Waals surface area (Å²) in [6.45, 7) is 8.01. The molecule has 5 heteroatoms. The molecular weight excluding hydrogens is 250 g/mol. The lowest BCUT2D eigenvalue weighted by atomic mass is 10.3. The highest BCUT2D eigenvalue weighted by Crippen LogP contribution is 2.23. The number of fused-ring (bicyclic) bond motifs is 1. The molecule has 0 amide bonds. The summed E-state index contributed by atoms with van der Waals surface area (Å²) in [5, 5.41) is -0.138. The molecule has 0 aliphatic carbocycles. The molecule has 18 heavy (non-hydrogen) atoms. The summed E-state index contributed by atoms with van der Waals surface area (Å²) in [6.07, 6.45) is 1.85. The van der Waals surface area contributed by atoms with E-state index in [1.807, 2.05) is 37.6 Å². The number of halogens is 1. The summed E-state index contributed by atoms with van der Waals surface area (Å²) < 4.78 is 7.44. The highest BCUT2D eigenvalue weighted by atomic mass is 35.5. The number of hydrogen-bond acceptors (Lipinski definition) is 3. The van der Waals surface area contributed by atoms with Crippen molar-refractivity contribution in [3.63, 3.8) is 0 Å². The topological polar surface area (TPSA) is 39.9 Å². The van der Waals surface area contributed by atoms with Crippen LogP contribution in [0.15, 0.2) is 12.3 Å². The van der Waals surface area contributed by atoms with Gasteiger partial charge in [-0.3, -0.25) is 0 Å². The van der Waals surface area contributed by atoms with Crippen LogP contribution in [0.3, 0.4) is 0 Å². The standard InChI is InChI=1S/C13H18ClN3O/c1-4-18-6-5-17-12(10(3)14)16-11-7-9(2)8-15-13(11)17/h7-8,10H,4-6H2,1-3H3. The second-order valence-electron chi connectivity index (χ2n) is 4.29. The van der Waals surface area contributed by atoms with Crippen LogP contribution in [0.2, 0.25) is 0 Å². The molecule has 0 aliphatic heterocycles. The number of hydrogen-bond donors (Lipinski definition) is 0. The lowest BCUT2D eigenvalue weighted by Crippen LogP contribution is -2.10. The lowest BCUT2D eigenvalue weighted by Gasteiger charge is -2.09. The van der Waals surface area contributed by atoms with Gasteiger partial charge in [0.15, 0.2) is 5.65 Å². The molecule has 2 aromatic rings. The maximum Gasteiger partial charge on any atom is 0.160 e. The Morgan fingerprint density at radius 1 is 1.50 bits per heavy atom. The average Bonchev–Trinajstić information content (AvgIpc) is 2.68. The van der Waals surface area contributed by atoms with Crippen molar-refractivity contribution in [3.05, 3.63) is 23.7 Å². The minimum absolute atomic E-state index is 0.138. The van der Waals surface area contributed by atoms with Gasteiger partial charge >= 0.3 is 0 Å². The maximum absolute atomic E-state index is 6.18. The van der Waals surface area contributed by atoms with Crippen molar-refractivity contribution in [1.82, 2.24) is 14.5 Å². The number of nitrogens with zero attached hydrogens (tertiary/aromatic N) is 3. The van der Waals surface area contributed by atoms with Gasteiger partial charge in [-0.15, -0.1) is 11.6 Å². The van der Waals surface area contributed by atoms with Crippen LogP contribution in [0, 0.1) is 6.92 Å². The Kier molecular flexibility index (Phi) is 4.19. The first kappa shape index (κ1) is 13.3. The van der Waals surface area contributed by atoms with Crippen LogP contribution in [-0.2, 0) is 11.3 Å². The fraction of sp³-hybridized carbons (Fsp3) is 0.538. The smallest absolute Gasteiger partial charge is 0.160 e. The van der Waals surface area contributed by atoms with Crippen LogP contribution >= 0.6 is 11.6 Å². The predicted octanol–water partition coefficient (Wildman–Crippen LogP) is 3.08. The molecule has 0 bridgehead atoms. The first-order valence-corrected chi connectivity index (χ1v) is 6.61. The monoisotopic (exact) mass is 267 g/mol. The summed E-state index contributed by atoms with van der Waals surface area (Å²) in [5.41, 5.74) is 2.88. The van der Waals surface area contributed by atoms with E-state index in [1.54, 1.807) is 0 Å². The second kappa shape index (κ2) is 5.67. The van der Waals surface area contributed by atoms with Gasteiger partial charge in [0.1, 0.15) is 11.3 Å². The molecular formula is C13H18ClN3O. The van der Waals surface area contributed by atoms with Crippen molar-refractivity contribution in [2.24, 2.45) is 0 Å². The molecule has 1 unspecified atom stereocenters. The van der Waals surface area contributed by atoms with Gasteiger partial charge in [-0.05, 0) is 32.4 Å². The van der Waals surface area contributed by atoms with Crippen LogP contribution in [0.1, 0.15) is 30.6 Å². The maximum atomic E-state index is 6.18. The Bertz CT molecular complexity index is 536. The van der Waals surface area contributed by atoms with Crippen LogP contribution in [0.4, 0.5) is 0 Å². The third-order valence-electron chi connectivity index (χ3n) is 2.77. The Morgan fingerprint density at radius 2 is 2.28 bits per heavy atom. The SMILES string of the molecule is CCOCCn1c(C(C)Cl)nc2cc(C)cnc21. The number of aryl methyl sites for hydroxylation is 1. The fourth-order valence-corrected chi connectivity index (χ4v) is 2.12. The van der Waals surface area contributed by atoms with E-state index in [1.165, 1.54) is 0 Å². The van der Waals surface area contributed by atoms with Crippen LogP contribution in [-0.4, -0.2) is 27.7 Å². The molecule has 0 spiro atoms. The minimum atomic E-state index is -0.138. The Morgan fingerprint density at radius 3 is 2.94 bits per heavy atom. The highest BCUT2D eigenvalue weighted by molar-refractivity contribution is 6.20. The first-order chi connectivity index (χ1) is 8.63. The van der Waals surface area contributed by atoms with Crippen molar-refractivity contribution >= 4 is 22.8 Å². The van der Waals surface area contributed by atoms with Gasteiger partial charge in [0.25, 0.3) is 0 Å². The van der Waals surface area contributed by atoms with Gasteiger partial charge in [-0.1, -0.05) is 0 Å². The second-order valence-corrected chi connectivity index (χ2v) is 4.94. The van der Waals surface area contributed by atoms with Crippen LogP contribution in [0.25, 0.3) is 11.2 Å². The van der Waals surface area contributed by atoms with Crippen molar-refractivity contribution in [1.29, 1.82) is 0 Å². The zero-order valence-electron chi connectivity index (χ0n) is 11.0. The highest BCUT2D eigenvalue weighted by Gasteiger charge is 2.15. The van der Waals surface area contributed by atoms with Crippen molar-refractivity contribution < 1.29 is 4.74 Å². The van der Waals surface area contributed by atoms with Gasteiger partial charge in [0, 0.05) is 19.3 Å². The van der Waals surface area contributed by atoms with E-state index >= 15 is 0 Å². The third-order valence-corrected chi connectivity index (χ3v) is 2.97. The van der Waals surface area contributed by atoms with Gasteiger partial charge in [0.05, 0.1) is 12.0 Å². The van der Waals surface area contributed by atoms with Gasteiger partial charge in [-0.2, -0.15) is 0 Å². The normalized spacial score (nSPS) is 13.1. The Labute approximate surface area is 112 Å². The van der Waals surface area contributed by atoms with Gasteiger partial charge in [-0.25, -0.2) is 9.97 Å². The first-order valence-electron chi connectivity index (χ1n) is 6.18. The summed E-state index contributed by atoms with van der Waals surface area (Å²) in [6, 6.07) is 2.03. The van der Waals surface area contributed by atoms with Gasteiger partial charge in [0.2, 0.25) is 0 Å². The fourth-order valence-electron chi connectivity index (χ4n) is 1.95. The zero-order valence-corrected chi connectivity index (χ0v) is 11.7. The molecule has 0 fully saturated rings. The molecule has 0 saturated heterocycles. The molecule has 0 radical (unpaired) electrons. The van der Waals surface area contributed by atoms with E-state index in [4.69, 9.17) is 16.3 Å². The Hall–Kier alpha value is -1.13. The van der Waals surface area contributed by atoms with Crippen LogP contribution < -0.4 is 0 Å². The minimum Gasteiger partial charge on any atom is -0.380 e. The summed E-state index contributed by atoms with van der Waals surface area (Å²) in [7, 11) is 0. The van der Waals surface area contributed by atoms with Crippen molar-refractivity contribution in [2.75, 3.05) is 13.2 Å². The quantitative estimate of drug-likeness (QED) is 0.617. The van der Waals surface area contributed by atoms with E-state index < -0.39 is 0 Å². The number of rotatable bonds is 5. The molecule has 2 rings (SSSR count). The molecule has 0 aliphatic rings. The molecule has 1 atom stereocenters. The molecule has 0 N–H and O–H groups in total. The molecule has 2 aromatic heterocycles. The Balaban J connectivity index is 2.42. The number of pyridine rings is 1. The number of alkyl halides is 1. The van der Waals surface area contributed by atoms with E-state index in [0.29, 0.717) is 13.2 Å². The van der Waals surface area contributed by atoms with Crippen molar-refractivity contribution in [2.45, 2.75) is 32.7 Å². The number of ether oxygens (including phenoxy) is 1. The summed E-state index contributed by atoms with van der Waals surface area (Å²) >= 11 is 6.18. The molecule has 0 aromatic carbocycles. The number of aromatic nitrogens is 3.